The lowest BCUT2D eigenvalue weighted by atomic mass is 10.1. The van der Waals surface area contributed by atoms with Crippen LogP contribution >= 0.6 is 11.3 Å². The largest absolute Gasteiger partial charge is 0.377 e. The van der Waals surface area contributed by atoms with Crippen LogP contribution in [0.25, 0.3) is 0 Å². The van der Waals surface area contributed by atoms with Crippen LogP contribution in [0.4, 0.5) is 0 Å². The van der Waals surface area contributed by atoms with Gasteiger partial charge in [0.2, 0.25) is 0 Å². The number of aromatic nitrogens is 1. The van der Waals surface area contributed by atoms with Crippen molar-refractivity contribution < 1.29 is 4.74 Å². The molecule has 90 valence electrons. The van der Waals surface area contributed by atoms with Gasteiger partial charge in [-0.25, -0.2) is 4.98 Å². The fraction of sp³-hybridized carbons (Fsp3) is 0.750. The van der Waals surface area contributed by atoms with Crippen LogP contribution in [-0.4, -0.2) is 23.7 Å². The third-order valence-corrected chi connectivity index (χ3v) is 4.16. The van der Waals surface area contributed by atoms with Crippen molar-refractivity contribution >= 4 is 11.3 Å². The molecule has 0 bridgehead atoms. The van der Waals surface area contributed by atoms with E-state index in [-0.39, 0.29) is 0 Å². The van der Waals surface area contributed by atoms with E-state index in [1.165, 1.54) is 17.7 Å². The van der Waals surface area contributed by atoms with E-state index in [9.17, 15) is 0 Å². The molecule has 16 heavy (non-hydrogen) atoms. The van der Waals surface area contributed by atoms with Crippen molar-refractivity contribution in [2.75, 3.05) is 6.61 Å². The zero-order valence-corrected chi connectivity index (χ0v) is 10.8. The monoisotopic (exact) mass is 240 g/mol. The first-order valence-corrected chi connectivity index (χ1v) is 6.93. The van der Waals surface area contributed by atoms with E-state index in [4.69, 9.17) is 4.74 Å². The van der Waals surface area contributed by atoms with E-state index in [0.29, 0.717) is 12.1 Å². The van der Waals surface area contributed by atoms with E-state index < -0.39 is 0 Å². The van der Waals surface area contributed by atoms with Gasteiger partial charge in [-0.05, 0) is 26.2 Å². The standard InChI is InChI=1S/C12H20N2OS/c1-3-10(11-5-4-6-15-11)13-7-12-9(2)14-8-16-12/h8,10-11,13H,3-7H2,1-2H3. The van der Waals surface area contributed by atoms with Crippen molar-refractivity contribution in [1.82, 2.24) is 10.3 Å². The average molecular weight is 240 g/mol. The number of hydrogen-bond acceptors (Lipinski definition) is 4. The Kier molecular flexibility index (Phi) is 4.32. The SMILES string of the molecule is CCC(NCc1scnc1C)C1CCCO1. The first kappa shape index (κ1) is 12.0. The van der Waals surface area contributed by atoms with Crippen LogP contribution < -0.4 is 5.32 Å². The Hall–Kier alpha value is -0.450. The summed E-state index contributed by atoms with van der Waals surface area (Å²) < 4.78 is 5.73. The Morgan fingerprint density at radius 3 is 3.12 bits per heavy atom. The minimum Gasteiger partial charge on any atom is -0.377 e. The van der Waals surface area contributed by atoms with Gasteiger partial charge >= 0.3 is 0 Å². The maximum atomic E-state index is 5.73. The predicted molar refractivity (Wildman–Crippen MR) is 66.7 cm³/mol. The van der Waals surface area contributed by atoms with Crippen LogP contribution in [-0.2, 0) is 11.3 Å². The molecule has 0 spiro atoms. The minimum absolute atomic E-state index is 0.415. The molecule has 1 aromatic rings. The summed E-state index contributed by atoms with van der Waals surface area (Å²) in [5, 5.41) is 3.60. The van der Waals surface area contributed by atoms with E-state index in [2.05, 4.69) is 24.1 Å². The first-order valence-electron chi connectivity index (χ1n) is 6.05. The van der Waals surface area contributed by atoms with Gasteiger partial charge in [-0.1, -0.05) is 6.92 Å². The predicted octanol–water partition coefficient (Wildman–Crippen LogP) is 2.50. The fourth-order valence-corrected chi connectivity index (χ4v) is 2.91. The second kappa shape index (κ2) is 5.75. The molecule has 2 unspecified atom stereocenters. The van der Waals surface area contributed by atoms with Crippen molar-refractivity contribution in [3.8, 4) is 0 Å². The Balaban J connectivity index is 1.85. The van der Waals surface area contributed by atoms with E-state index >= 15 is 0 Å². The molecule has 0 radical (unpaired) electrons. The third kappa shape index (κ3) is 2.81. The molecule has 2 atom stereocenters. The van der Waals surface area contributed by atoms with Gasteiger partial charge in [-0.3, -0.25) is 0 Å². The number of hydrogen-bond donors (Lipinski definition) is 1. The quantitative estimate of drug-likeness (QED) is 0.858. The lowest BCUT2D eigenvalue weighted by molar-refractivity contribution is 0.0765. The van der Waals surface area contributed by atoms with Gasteiger partial charge in [0.1, 0.15) is 0 Å². The minimum atomic E-state index is 0.415. The Labute approximate surface area is 101 Å². The van der Waals surface area contributed by atoms with E-state index in [1.54, 1.807) is 11.3 Å². The lowest BCUT2D eigenvalue weighted by Gasteiger charge is -2.22. The molecule has 2 rings (SSSR count). The second-order valence-electron chi connectivity index (χ2n) is 4.31. The molecule has 1 aromatic heterocycles. The van der Waals surface area contributed by atoms with Crippen molar-refractivity contribution in [3.63, 3.8) is 0 Å². The number of ether oxygens (including phenoxy) is 1. The molecular weight excluding hydrogens is 220 g/mol. The van der Waals surface area contributed by atoms with Crippen LogP contribution in [0.1, 0.15) is 36.8 Å². The number of aryl methyl sites for hydroxylation is 1. The van der Waals surface area contributed by atoms with E-state index in [1.807, 2.05) is 5.51 Å². The molecule has 4 heteroatoms. The molecule has 0 aliphatic carbocycles. The van der Waals surface area contributed by atoms with Crippen LogP contribution in [0.15, 0.2) is 5.51 Å². The third-order valence-electron chi connectivity index (χ3n) is 3.22. The highest BCUT2D eigenvalue weighted by molar-refractivity contribution is 7.09. The maximum absolute atomic E-state index is 5.73. The fourth-order valence-electron chi connectivity index (χ4n) is 2.18. The second-order valence-corrected chi connectivity index (χ2v) is 5.25. The van der Waals surface area contributed by atoms with Crippen LogP contribution in [0.5, 0.6) is 0 Å². The lowest BCUT2D eigenvalue weighted by Crippen LogP contribution is -2.38. The highest BCUT2D eigenvalue weighted by Crippen LogP contribution is 2.19. The van der Waals surface area contributed by atoms with Crippen LogP contribution in [0.3, 0.4) is 0 Å². The summed E-state index contributed by atoms with van der Waals surface area (Å²) in [7, 11) is 0. The Morgan fingerprint density at radius 2 is 2.56 bits per heavy atom. The molecule has 0 aromatic carbocycles. The summed E-state index contributed by atoms with van der Waals surface area (Å²) >= 11 is 1.73. The summed E-state index contributed by atoms with van der Waals surface area (Å²) in [5.74, 6) is 0. The van der Waals surface area contributed by atoms with Gasteiger partial charge in [0.05, 0.1) is 17.3 Å². The average Bonchev–Trinajstić information content (AvgIpc) is 2.92. The highest BCUT2D eigenvalue weighted by atomic mass is 32.1. The Morgan fingerprint density at radius 1 is 1.69 bits per heavy atom. The molecule has 1 fully saturated rings. The molecule has 2 heterocycles. The molecule has 1 saturated heterocycles. The smallest absolute Gasteiger partial charge is 0.0798 e. The number of thiazole rings is 1. The van der Waals surface area contributed by atoms with Crippen LogP contribution in [0, 0.1) is 6.92 Å². The van der Waals surface area contributed by atoms with Crippen LogP contribution in [0.2, 0.25) is 0 Å². The molecule has 1 aliphatic heterocycles. The molecule has 1 N–H and O–H groups in total. The van der Waals surface area contributed by atoms with Gasteiger partial charge in [0.25, 0.3) is 0 Å². The molecular formula is C12H20N2OS. The molecule has 3 nitrogen and oxygen atoms in total. The maximum Gasteiger partial charge on any atom is 0.0798 e. The summed E-state index contributed by atoms with van der Waals surface area (Å²) in [6.45, 7) is 6.15. The van der Waals surface area contributed by atoms with Crippen molar-refractivity contribution in [2.45, 2.75) is 51.8 Å². The highest BCUT2D eigenvalue weighted by Gasteiger charge is 2.24. The number of rotatable bonds is 5. The van der Waals surface area contributed by atoms with Gasteiger partial charge < -0.3 is 10.1 Å². The summed E-state index contributed by atoms with van der Waals surface area (Å²) in [6.07, 6.45) is 3.95. The summed E-state index contributed by atoms with van der Waals surface area (Å²) in [6, 6.07) is 0.490. The topological polar surface area (TPSA) is 34.2 Å². The normalized spacial score (nSPS) is 22.5. The van der Waals surface area contributed by atoms with Crippen molar-refractivity contribution in [2.24, 2.45) is 0 Å². The number of nitrogens with one attached hydrogen (secondary N) is 1. The summed E-state index contributed by atoms with van der Waals surface area (Å²) in [5.41, 5.74) is 3.07. The van der Waals surface area contributed by atoms with Gasteiger partial charge in [0.15, 0.2) is 0 Å². The molecule has 1 aliphatic rings. The zero-order chi connectivity index (χ0) is 11.4. The summed E-state index contributed by atoms with van der Waals surface area (Å²) in [4.78, 5) is 5.61. The van der Waals surface area contributed by atoms with Crippen molar-refractivity contribution in [1.29, 1.82) is 0 Å². The van der Waals surface area contributed by atoms with Gasteiger partial charge in [0, 0.05) is 24.1 Å². The Bertz CT molecular complexity index is 321. The number of nitrogens with zero attached hydrogens (tertiary/aromatic N) is 1. The van der Waals surface area contributed by atoms with Crippen molar-refractivity contribution in [3.05, 3.63) is 16.1 Å². The van der Waals surface area contributed by atoms with Gasteiger partial charge in [-0.2, -0.15) is 0 Å². The molecule has 0 amide bonds. The molecule has 0 saturated carbocycles. The zero-order valence-electron chi connectivity index (χ0n) is 10.0. The van der Waals surface area contributed by atoms with Gasteiger partial charge in [-0.15, -0.1) is 11.3 Å². The first-order chi connectivity index (χ1) is 7.81. The van der Waals surface area contributed by atoms with E-state index in [0.717, 1.165) is 25.3 Å².